The van der Waals surface area contributed by atoms with E-state index in [-0.39, 0.29) is 18.4 Å². The van der Waals surface area contributed by atoms with Crippen LogP contribution in [0.15, 0.2) is 12.2 Å². The molecule has 0 aliphatic rings. The molecule has 0 aromatic heterocycles. The maximum atomic E-state index is 11.3. The Labute approximate surface area is 136 Å². The number of hydrogen-bond acceptors (Lipinski definition) is 7. The average Bonchev–Trinajstić information content (AvgIpc) is 2.48. The molecule has 10 heteroatoms. The standard InChI is InChI=1S/C13H26BN3O6/c1-11(2)13(19)16-5-7-22-9-8-21-6-4-15-12(18)10-23-17-14(3)20/h17,20H,1,4-10H2,2-3H3,(H,15,18)(H,16,19). The third-order valence-electron chi connectivity index (χ3n) is 2.32. The van der Waals surface area contributed by atoms with Crippen LogP contribution in [0.5, 0.6) is 0 Å². The molecule has 0 bridgehead atoms. The molecule has 0 saturated heterocycles. The van der Waals surface area contributed by atoms with Crippen LogP contribution in [0, 0.1) is 0 Å². The van der Waals surface area contributed by atoms with Crippen molar-refractivity contribution < 1.29 is 28.9 Å². The monoisotopic (exact) mass is 331 g/mol. The number of carbonyl (C=O) groups excluding carboxylic acids is 2. The summed E-state index contributed by atoms with van der Waals surface area (Å²) in [5.41, 5.74) is 0.461. The van der Waals surface area contributed by atoms with Crippen LogP contribution < -0.4 is 16.0 Å². The first-order chi connectivity index (χ1) is 10.9. The van der Waals surface area contributed by atoms with Gasteiger partial charge in [0.25, 0.3) is 0 Å². The molecule has 132 valence electrons. The number of carbonyl (C=O) groups is 2. The molecular weight excluding hydrogens is 305 g/mol. The number of amides is 2. The predicted molar refractivity (Wildman–Crippen MR) is 85.4 cm³/mol. The summed E-state index contributed by atoms with van der Waals surface area (Å²) in [6.45, 7) is 8.76. The summed E-state index contributed by atoms with van der Waals surface area (Å²) >= 11 is 0. The van der Waals surface area contributed by atoms with Crippen molar-refractivity contribution in [1.29, 1.82) is 0 Å². The Balaban J connectivity index is 3.26. The topological polar surface area (TPSA) is 118 Å². The Bertz CT molecular complexity index is 368. The molecule has 2 amide bonds. The lowest BCUT2D eigenvalue weighted by Crippen LogP contribution is -2.37. The van der Waals surface area contributed by atoms with Gasteiger partial charge in [-0.15, -0.1) is 0 Å². The summed E-state index contributed by atoms with van der Waals surface area (Å²) in [6, 6.07) is 0. The second kappa shape index (κ2) is 14.2. The maximum absolute atomic E-state index is 11.3. The van der Waals surface area contributed by atoms with Crippen LogP contribution in [0.4, 0.5) is 0 Å². The van der Waals surface area contributed by atoms with Crippen LogP contribution in [0.25, 0.3) is 0 Å². The van der Waals surface area contributed by atoms with Crippen molar-refractivity contribution in [2.24, 2.45) is 0 Å². The molecule has 0 heterocycles. The zero-order valence-corrected chi connectivity index (χ0v) is 13.7. The van der Waals surface area contributed by atoms with Gasteiger partial charge in [-0.05, 0) is 13.7 Å². The van der Waals surface area contributed by atoms with Gasteiger partial charge < -0.3 is 30.0 Å². The van der Waals surface area contributed by atoms with Crippen LogP contribution in [-0.2, 0) is 23.9 Å². The van der Waals surface area contributed by atoms with Crippen molar-refractivity contribution in [2.45, 2.75) is 13.7 Å². The molecule has 0 aromatic rings. The lowest BCUT2D eigenvalue weighted by atomic mass is 9.92. The van der Waals surface area contributed by atoms with Gasteiger partial charge in [-0.3, -0.25) is 9.59 Å². The first kappa shape index (κ1) is 21.5. The molecule has 0 rings (SSSR count). The molecular formula is C13H26BN3O6. The van der Waals surface area contributed by atoms with E-state index in [1.807, 2.05) is 0 Å². The van der Waals surface area contributed by atoms with Gasteiger partial charge in [0.2, 0.25) is 11.8 Å². The van der Waals surface area contributed by atoms with Crippen LogP contribution in [0.3, 0.4) is 0 Å². The normalized spacial score (nSPS) is 10.2. The van der Waals surface area contributed by atoms with Crippen molar-refractivity contribution >= 4 is 18.9 Å². The van der Waals surface area contributed by atoms with Crippen LogP contribution in [0.1, 0.15) is 6.92 Å². The Kier molecular flexibility index (Phi) is 13.3. The summed E-state index contributed by atoms with van der Waals surface area (Å²) in [5, 5.41) is 16.3. The SMILES string of the molecule is C=C(C)C(=O)NCCOCCOCCNC(=O)CONB(C)O. The fraction of sp³-hybridized carbons (Fsp3) is 0.692. The maximum Gasteiger partial charge on any atom is 0.398 e. The van der Waals surface area contributed by atoms with Crippen molar-refractivity contribution in [3.8, 4) is 0 Å². The largest absolute Gasteiger partial charge is 0.436 e. The van der Waals surface area contributed by atoms with E-state index in [1.54, 1.807) is 6.92 Å². The van der Waals surface area contributed by atoms with Gasteiger partial charge >= 0.3 is 7.05 Å². The lowest BCUT2D eigenvalue weighted by Gasteiger charge is -2.08. The second-order valence-electron chi connectivity index (χ2n) is 4.69. The zero-order valence-electron chi connectivity index (χ0n) is 13.7. The molecule has 0 atom stereocenters. The lowest BCUT2D eigenvalue weighted by molar-refractivity contribution is -0.127. The van der Waals surface area contributed by atoms with Crippen LogP contribution in [-0.4, -0.2) is 70.0 Å². The van der Waals surface area contributed by atoms with Gasteiger partial charge in [-0.25, -0.2) is 5.39 Å². The van der Waals surface area contributed by atoms with Gasteiger partial charge in [-0.2, -0.15) is 0 Å². The first-order valence-corrected chi connectivity index (χ1v) is 7.34. The minimum Gasteiger partial charge on any atom is -0.436 e. The highest BCUT2D eigenvalue weighted by Crippen LogP contribution is 1.85. The molecule has 9 nitrogen and oxygen atoms in total. The van der Waals surface area contributed by atoms with E-state index in [2.05, 4.69) is 22.6 Å². The minimum atomic E-state index is -0.833. The van der Waals surface area contributed by atoms with Crippen molar-refractivity contribution in [3.63, 3.8) is 0 Å². The van der Waals surface area contributed by atoms with E-state index in [1.165, 1.54) is 6.82 Å². The molecule has 0 unspecified atom stereocenters. The Morgan fingerprint density at radius 1 is 1.09 bits per heavy atom. The number of ether oxygens (including phenoxy) is 2. The quantitative estimate of drug-likeness (QED) is 0.132. The number of hydrogen-bond donors (Lipinski definition) is 4. The number of rotatable bonds is 14. The molecule has 0 aliphatic carbocycles. The molecule has 0 aromatic carbocycles. The smallest absolute Gasteiger partial charge is 0.398 e. The predicted octanol–water partition coefficient (Wildman–Crippen LogP) is -1.54. The average molecular weight is 331 g/mol. The van der Waals surface area contributed by atoms with Gasteiger partial charge in [0, 0.05) is 18.7 Å². The first-order valence-electron chi connectivity index (χ1n) is 7.34. The van der Waals surface area contributed by atoms with E-state index in [0.717, 1.165) is 0 Å². The molecule has 0 saturated carbocycles. The highest BCUT2D eigenvalue weighted by atomic mass is 16.6. The summed E-state index contributed by atoms with van der Waals surface area (Å²) in [4.78, 5) is 27.1. The van der Waals surface area contributed by atoms with Crippen LogP contribution >= 0.6 is 0 Å². The number of nitrogens with one attached hydrogen (secondary N) is 3. The summed E-state index contributed by atoms with van der Waals surface area (Å²) < 4.78 is 10.5. The Hall–Kier alpha value is -1.46. The molecule has 0 spiro atoms. The van der Waals surface area contributed by atoms with Crippen molar-refractivity contribution in [3.05, 3.63) is 12.2 Å². The fourth-order valence-corrected chi connectivity index (χ4v) is 1.25. The molecule has 0 radical (unpaired) electrons. The van der Waals surface area contributed by atoms with E-state index >= 15 is 0 Å². The molecule has 23 heavy (non-hydrogen) atoms. The van der Waals surface area contributed by atoms with Gasteiger partial charge in [0.1, 0.15) is 6.61 Å². The van der Waals surface area contributed by atoms with Gasteiger partial charge in [0.15, 0.2) is 0 Å². The molecule has 4 N–H and O–H groups in total. The molecule has 0 aliphatic heterocycles. The van der Waals surface area contributed by atoms with Gasteiger partial charge in [-0.1, -0.05) is 6.58 Å². The van der Waals surface area contributed by atoms with Crippen molar-refractivity contribution in [2.75, 3.05) is 46.1 Å². The van der Waals surface area contributed by atoms with Crippen molar-refractivity contribution in [1.82, 2.24) is 16.0 Å². The third kappa shape index (κ3) is 15.2. The Morgan fingerprint density at radius 3 is 2.17 bits per heavy atom. The summed E-state index contributed by atoms with van der Waals surface area (Å²) in [5.74, 6) is -0.500. The van der Waals surface area contributed by atoms with E-state index in [4.69, 9.17) is 19.3 Å². The van der Waals surface area contributed by atoms with E-state index in [0.29, 0.717) is 45.1 Å². The highest BCUT2D eigenvalue weighted by molar-refractivity contribution is 6.44. The molecule has 0 fully saturated rings. The van der Waals surface area contributed by atoms with E-state index in [9.17, 15) is 9.59 Å². The van der Waals surface area contributed by atoms with Gasteiger partial charge in [0.05, 0.1) is 26.4 Å². The second-order valence-corrected chi connectivity index (χ2v) is 4.69. The van der Waals surface area contributed by atoms with Crippen LogP contribution in [0.2, 0.25) is 6.82 Å². The van der Waals surface area contributed by atoms with E-state index < -0.39 is 7.05 Å². The Morgan fingerprint density at radius 2 is 1.65 bits per heavy atom. The highest BCUT2D eigenvalue weighted by Gasteiger charge is 2.04. The zero-order chi connectivity index (χ0) is 17.5. The fourth-order valence-electron chi connectivity index (χ4n) is 1.25. The summed E-state index contributed by atoms with van der Waals surface area (Å²) in [7, 11) is -0.833. The summed E-state index contributed by atoms with van der Waals surface area (Å²) in [6.07, 6.45) is 0. The minimum absolute atomic E-state index is 0.187. The third-order valence-corrected chi connectivity index (χ3v) is 2.32.